The number of carbonyl (C=O) groups is 2. The summed E-state index contributed by atoms with van der Waals surface area (Å²) in [7, 11) is -3.40. The Labute approximate surface area is 158 Å². The van der Waals surface area contributed by atoms with E-state index in [1.807, 2.05) is 6.92 Å². The molecule has 2 unspecified atom stereocenters. The van der Waals surface area contributed by atoms with Crippen LogP contribution in [0.15, 0.2) is 48.5 Å². The number of benzene rings is 2. The Morgan fingerprint density at radius 3 is 2.19 bits per heavy atom. The van der Waals surface area contributed by atoms with Crippen LogP contribution in [-0.4, -0.2) is 26.5 Å². The predicted molar refractivity (Wildman–Crippen MR) is 105 cm³/mol. The molecular formula is C19H21N3O4S. The minimum absolute atomic E-state index is 0.0281. The number of anilines is 3. The topological polar surface area (TPSA) is 104 Å². The molecule has 2 aromatic rings. The van der Waals surface area contributed by atoms with Gasteiger partial charge in [-0.05, 0) is 48.7 Å². The SMILES string of the molecule is CC1CC1C(=O)Nc1cccc(C(=O)Nc2cccc(NS(C)(=O)=O)c2)c1. The molecule has 0 saturated heterocycles. The second kappa shape index (κ2) is 7.40. The van der Waals surface area contributed by atoms with Crippen molar-refractivity contribution in [3.05, 3.63) is 54.1 Å². The number of hydrogen-bond donors (Lipinski definition) is 3. The molecular weight excluding hydrogens is 366 g/mol. The van der Waals surface area contributed by atoms with Crippen molar-refractivity contribution in [1.82, 2.24) is 0 Å². The summed E-state index contributed by atoms with van der Waals surface area (Å²) in [6, 6.07) is 13.1. The van der Waals surface area contributed by atoms with Crippen LogP contribution in [0.25, 0.3) is 0 Å². The molecule has 7 nitrogen and oxygen atoms in total. The van der Waals surface area contributed by atoms with E-state index in [1.54, 1.807) is 42.5 Å². The van der Waals surface area contributed by atoms with E-state index < -0.39 is 10.0 Å². The molecule has 8 heteroatoms. The number of hydrogen-bond acceptors (Lipinski definition) is 4. The maximum Gasteiger partial charge on any atom is 0.255 e. The van der Waals surface area contributed by atoms with Crippen LogP contribution in [0.5, 0.6) is 0 Å². The van der Waals surface area contributed by atoms with Gasteiger partial charge < -0.3 is 10.6 Å². The highest BCUT2D eigenvalue weighted by molar-refractivity contribution is 7.92. The quantitative estimate of drug-likeness (QED) is 0.709. The van der Waals surface area contributed by atoms with Crippen molar-refractivity contribution in [2.75, 3.05) is 21.6 Å². The fourth-order valence-electron chi connectivity index (χ4n) is 2.74. The third-order valence-corrected chi connectivity index (χ3v) is 4.87. The van der Waals surface area contributed by atoms with Crippen LogP contribution in [0.2, 0.25) is 0 Å². The Morgan fingerprint density at radius 2 is 1.56 bits per heavy atom. The van der Waals surface area contributed by atoms with E-state index in [4.69, 9.17) is 0 Å². The van der Waals surface area contributed by atoms with Crippen LogP contribution >= 0.6 is 0 Å². The van der Waals surface area contributed by atoms with Crippen molar-refractivity contribution in [3.8, 4) is 0 Å². The fraction of sp³-hybridized carbons (Fsp3) is 0.263. The lowest BCUT2D eigenvalue weighted by Gasteiger charge is -2.10. The van der Waals surface area contributed by atoms with Crippen LogP contribution in [0.1, 0.15) is 23.7 Å². The van der Waals surface area contributed by atoms with Crippen molar-refractivity contribution in [2.24, 2.45) is 11.8 Å². The van der Waals surface area contributed by atoms with Crippen molar-refractivity contribution in [3.63, 3.8) is 0 Å². The van der Waals surface area contributed by atoms with Gasteiger partial charge in [-0.2, -0.15) is 0 Å². The molecule has 0 bridgehead atoms. The zero-order valence-corrected chi connectivity index (χ0v) is 15.8. The van der Waals surface area contributed by atoms with Gasteiger partial charge in [0.2, 0.25) is 15.9 Å². The summed E-state index contributed by atoms with van der Waals surface area (Å²) in [5, 5.41) is 5.55. The number of nitrogens with one attached hydrogen (secondary N) is 3. The smallest absolute Gasteiger partial charge is 0.255 e. The van der Waals surface area contributed by atoms with E-state index in [2.05, 4.69) is 15.4 Å². The van der Waals surface area contributed by atoms with Gasteiger partial charge in [0, 0.05) is 22.9 Å². The van der Waals surface area contributed by atoms with Gasteiger partial charge in [-0.25, -0.2) is 8.42 Å². The van der Waals surface area contributed by atoms with Crippen LogP contribution in [-0.2, 0) is 14.8 Å². The molecule has 1 aliphatic rings. The first kappa shape index (κ1) is 18.9. The van der Waals surface area contributed by atoms with Gasteiger partial charge in [0.25, 0.3) is 5.91 Å². The Hall–Kier alpha value is -2.87. The van der Waals surface area contributed by atoms with Crippen molar-refractivity contribution in [2.45, 2.75) is 13.3 Å². The lowest BCUT2D eigenvalue weighted by atomic mass is 10.1. The summed E-state index contributed by atoms with van der Waals surface area (Å²) >= 11 is 0. The van der Waals surface area contributed by atoms with Gasteiger partial charge in [-0.1, -0.05) is 19.1 Å². The summed E-state index contributed by atoms with van der Waals surface area (Å²) in [5.41, 5.74) is 1.77. The normalized spacial score (nSPS) is 18.4. The van der Waals surface area contributed by atoms with E-state index >= 15 is 0 Å². The molecule has 1 fully saturated rings. The molecule has 0 spiro atoms. The van der Waals surface area contributed by atoms with Crippen molar-refractivity contribution < 1.29 is 18.0 Å². The average molecular weight is 387 g/mol. The monoisotopic (exact) mass is 387 g/mol. The minimum Gasteiger partial charge on any atom is -0.326 e. The van der Waals surface area contributed by atoms with Gasteiger partial charge in [-0.3, -0.25) is 14.3 Å². The third-order valence-electron chi connectivity index (χ3n) is 4.26. The second-order valence-electron chi connectivity index (χ2n) is 6.80. The molecule has 0 heterocycles. The van der Waals surface area contributed by atoms with E-state index in [0.717, 1.165) is 12.7 Å². The molecule has 0 aromatic heterocycles. The first-order valence-corrected chi connectivity index (χ1v) is 10.4. The summed E-state index contributed by atoms with van der Waals surface area (Å²) in [4.78, 5) is 24.5. The Kier molecular flexibility index (Phi) is 5.18. The van der Waals surface area contributed by atoms with Gasteiger partial charge in [0.1, 0.15) is 0 Å². The van der Waals surface area contributed by atoms with Gasteiger partial charge in [0.05, 0.1) is 11.9 Å². The number of carbonyl (C=O) groups excluding carboxylic acids is 2. The molecule has 3 N–H and O–H groups in total. The van der Waals surface area contributed by atoms with E-state index in [9.17, 15) is 18.0 Å². The standard InChI is InChI=1S/C19H21N3O4S/c1-12-9-17(12)19(24)21-14-6-3-5-13(10-14)18(23)20-15-7-4-8-16(11-15)22-27(2,25)26/h3-8,10-12,17,22H,9H2,1-2H3,(H,20,23)(H,21,24). The largest absolute Gasteiger partial charge is 0.326 e. The van der Waals surface area contributed by atoms with Crippen LogP contribution in [0.4, 0.5) is 17.1 Å². The van der Waals surface area contributed by atoms with Crippen LogP contribution in [0.3, 0.4) is 0 Å². The molecule has 2 amide bonds. The highest BCUT2D eigenvalue weighted by Crippen LogP contribution is 2.38. The van der Waals surface area contributed by atoms with Crippen LogP contribution < -0.4 is 15.4 Å². The summed E-state index contributed by atoms with van der Waals surface area (Å²) in [6.45, 7) is 2.03. The Balaban J connectivity index is 1.68. The molecule has 0 aliphatic heterocycles. The highest BCUT2D eigenvalue weighted by atomic mass is 32.2. The summed E-state index contributed by atoms with van der Waals surface area (Å²) in [5.74, 6) is 0.0684. The van der Waals surface area contributed by atoms with E-state index in [1.165, 1.54) is 6.07 Å². The lowest BCUT2D eigenvalue weighted by Crippen LogP contribution is -2.16. The van der Waals surface area contributed by atoms with Crippen molar-refractivity contribution >= 4 is 38.9 Å². The first-order chi connectivity index (χ1) is 12.7. The van der Waals surface area contributed by atoms with Crippen LogP contribution in [0, 0.1) is 11.8 Å². The second-order valence-corrected chi connectivity index (χ2v) is 8.55. The zero-order valence-electron chi connectivity index (χ0n) is 15.0. The maximum atomic E-state index is 12.5. The first-order valence-electron chi connectivity index (χ1n) is 8.51. The van der Waals surface area contributed by atoms with E-state index in [0.29, 0.717) is 28.5 Å². The molecule has 2 aromatic carbocycles. The van der Waals surface area contributed by atoms with E-state index in [-0.39, 0.29) is 17.7 Å². The molecule has 142 valence electrons. The molecule has 1 aliphatic carbocycles. The predicted octanol–water partition coefficient (Wildman–Crippen LogP) is 2.90. The highest BCUT2D eigenvalue weighted by Gasteiger charge is 2.39. The minimum atomic E-state index is -3.40. The number of amides is 2. The molecule has 0 radical (unpaired) electrons. The fourth-order valence-corrected chi connectivity index (χ4v) is 3.29. The van der Waals surface area contributed by atoms with Crippen molar-refractivity contribution in [1.29, 1.82) is 0 Å². The summed E-state index contributed by atoms with van der Waals surface area (Å²) in [6.07, 6.45) is 1.95. The van der Waals surface area contributed by atoms with Gasteiger partial charge in [0.15, 0.2) is 0 Å². The molecule has 27 heavy (non-hydrogen) atoms. The summed E-state index contributed by atoms with van der Waals surface area (Å²) < 4.78 is 25.0. The Morgan fingerprint density at radius 1 is 0.963 bits per heavy atom. The van der Waals surface area contributed by atoms with Gasteiger partial charge >= 0.3 is 0 Å². The molecule has 3 rings (SSSR count). The molecule has 2 atom stereocenters. The zero-order chi connectivity index (χ0) is 19.6. The Bertz CT molecular complexity index is 988. The maximum absolute atomic E-state index is 12.5. The molecule has 1 saturated carbocycles. The number of rotatable bonds is 6. The van der Waals surface area contributed by atoms with Gasteiger partial charge in [-0.15, -0.1) is 0 Å². The third kappa shape index (κ3) is 5.30. The number of sulfonamides is 1. The lowest BCUT2D eigenvalue weighted by molar-refractivity contribution is -0.117. The average Bonchev–Trinajstić information content (AvgIpc) is 3.31.